The van der Waals surface area contributed by atoms with E-state index in [1.54, 1.807) is 17.9 Å². The van der Waals surface area contributed by atoms with Crippen molar-refractivity contribution in [1.29, 1.82) is 0 Å². The molecule has 2 aliphatic rings. The maximum atomic E-state index is 13.1. The summed E-state index contributed by atoms with van der Waals surface area (Å²) in [5.41, 5.74) is 4.58. The molecule has 1 spiro atoms. The van der Waals surface area contributed by atoms with Gasteiger partial charge in [0.25, 0.3) is 11.5 Å². The van der Waals surface area contributed by atoms with Crippen molar-refractivity contribution in [2.45, 2.75) is 38.0 Å². The van der Waals surface area contributed by atoms with Crippen molar-refractivity contribution in [3.05, 3.63) is 62.2 Å². The smallest absolute Gasteiger partial charge is 0.265 e. The maximum Gasteiger partial charge on any atom is 0.265 e. The van der Waals surface area contributed by atoms with Gasteiger partial charge in [-0.25, -0.2) is 9.97 Å². The number of hydrogen-bond donors (Lipinski definition) is 1. The van der Waals surface area contributed by atoms with Crippen LogP contribution in [0.25, 0.3) is 11.4 Å². The molecule has 1 saturated heterocycles. The van der Waals surface area contributed by atoms with Gasteiger partial charge in [-0.1, -0.05) is 0 Å². The van der Waals surface area contributed by atoms with Gasteiger partial charge in [-0.05, 0) is 44.7 Å². The van der Waals surface area contributed by atoms with E-state index in [4.69, 9.17) is 4.98 Å². The number of carbonyl (C=O) groups is 1. The Morgan fingerprint density at radius 2 is 2.24 bits per heavy atom. The van der Waals surface area contributed by atoms with Crippen molar-refractivity contribution < 1.29 is 4.79 Å². The fourth-order valence-corrected chi connectivity index (χ4v) is 5.41. The predicted molar refractivity (Wildman–Crippen MR) is 110 cm³/mol. The zero-order chi connectivity index (χ0) is 20.0. The number of aromatic nitrogens is 4. The summed E-state index contributed by atoms with van der Waals surface area (Å²) in [7, 11) is 0. The van der Waals surface area contributed by atoms with E-state index >= 15 is 0 Å². The third-order valence-corrected chi connectivity index (χ3v) is 7.03. The molecule has 0 radical (unpaired) electrons. The van der Waals surface area contributed by atoms with Crippen LogP contribution in [0.1, 0.15) is 45.9 Å². The Morgan fingerprint density at radius 1 is 1.34 bits per heavy atom. The average Bonchev–Trinajstić information content (AvgIpc) is 3.32. The number of aryl methyl sites for hydroxylation is 1. The van der Waals surface area contributed by atoms with Gasteiger partial charge in [0.05, 0.1) is 16.9 Å². The number of H-pyrrole nitrogens is 1. The minimum absolute atomic E-state index is 0.0369. The Hall–Kier alpha value is -2.87. The number of piperidine rings is 1. The first-order valence-corrected chi connectivity index (χ1v) is 10.7. The fraction of sp³-hybridized carbons (Fsp3) is 0.381. The largest absolute Gasteiger partial charge is 0.337 e. The van der Waals surface area contributed by atoms with E-state index in [9.17, 15) is 9.59 Å². The SMILES string of the molecule is Cc1ncsc1C(=O)N1CCCC2(CCc3c2nc(-c2cccnc2)[nH]c3=O)C1. The highest BCUT2D eigenvalue weighted by molar-refractivity contribution is 7.11. The molecule has 7 nitrogen and oxygen atoms in total. The summed E-state index contributed by atoms with van der Waals surface area (Å²) in [6, 6.07) is 3.72. The van der Waals surface area contributed by atoms with E-state index in [1.807, 2.05) is 24.0 Å². The second-order valence-corrected chi connectivity index (χ2v) is 8.72. The second kappa shape index (κ2) is 6.88. The minimum Gasteiger partial charge on any atom is -0.337 e. The van der Waals surface area contributed by atoms with Crippen molar-refractivity contribution in [1.82, 2.24) is 24.8 Å². The number of aromatic amines is 1. The molecule has 4 heterocycles. The van der Waals surface area contributed by atoms with Crippen LogP contribution in [0.3, 0.4) is 0 Å². The Morgan fingerprint density at radius 3 is 3.00 bits per heavy atom. The number of likely N-dealkylation sites (tertiary alicyclic amines) is 1. The van der Waals surface area contributed by atoms with Crippen LogP contribution >= 0.6 is 11.3 Å². The first kappa shape index (κ1) is 18.2. The van der Waals surface area contributed by atoms with E-state index in [0.29, 0.717) is 23.7 Å². The van der Waals surface area contributed by atoms with Gasteiger partial charge in [0, 0.05) is 42.0 Å². The Bertz CT molecular complexity index is 1140. The Labute approximate surface area is 171 Å². The van der Waals surface area contributed by atoms with E-state index in [0.717, 1.165) is 48.3 Å². The van der Waals surface area contributed by atoms with Crippen LogP contribution in [0, 0.1) is 6.92 Å². The number of fused-ring (bicyclic) bond motifs is 2. The lowest BCUT2D eigenvalue weighted by Crippen LogP contribution is -2.48. The second-order valence-electron chi connectivity index (χ2n) is 7.86. The van der Waals surface area contributed by atoms with Crippen molar-refractivity contribution in [3.63, 3.8) is 0 Å². The van der Waals surface area contributed by atoms with Crippen LogP contribution in [0.2, 0.25) is 0 Å². The molecule has 1 unspecified atom stereocenters. The number of nitrogens with zero attached hydrogens (tertiary/aromatic N) is 4. The van der Waals surface area contributed by atoms with Gasteiger partial charge in [-0.15, -0.1) is 11.3 Å². The first-order chi connectivity index (χ1) is 14.1. The van der Waals surface area contributed by atoms with E-state index in [-0.39, 0.29) is 16.9 Å². The number of amides is 1. The van der Waals surface area contributed by atoms with Gasteiger partial charge in [-0.2, -0.15) is 0 Å². The molecule has 1 atom stereocenters. The van der Waals surface area contributed by atoms with Crippen molar-refractivity contribution in [3.8, 4) is 11.4 Å². The standard InChI is InChI=1S/C21H21N5O2S/c1-13-16(29-12-23-13)20(28)26-9-3-6-21(11-26)7-5-15-17(21)24-18(25-19(15)27)14-4-2-8-22-10-14/h2,4,8,10,12H,3,5-7,9,11H2,1H3,(H,24,25,27). The summed E-state index contributed by atoms with van der Waals surface area (Å²) in [6.07, 6.45) is 6.79. The molecular formula is C21H21N5O2S. The molecular weight excluding hydrogens is 386 g/mol. The zero-order valence-corrected chi connectivity index (χ0v) is 17.0. The molecule has 0 bridgehead atoms. The molecule has 1 amide bonds. The molecule has 8 heteroatoms. The zero-order valence-electron chi connectivity index (χ0n) is 16.1. The summed E-state index contributed by atoms with van der Waals surface area (Å²) >= 11 is 1.39. The Balaban J connectivity index is 1.53. The van der Waals surface area contributed by atoms with Crippen LogP contribution in [0.5, 0.6) is 0 Å². The predicted octanol–water partition coefficient (Wildman–Crippen LogP) is 2.72. The molecule has 0 saturated carbocycles. The van der Waals surface area contributed by atoms with Gasteiger partial charge in [0.15, 0.2) is 0 Å². The van der Waals surface area contributed by atoms with Crippen LogP contribution in [0.4, 0.5) is 0 Å². The molecule has 1 fully saturated rings. The molecule has 5 rings (SSSR count). The molecule has 3 aromatic heterocycles. The number of nitrogens with one attached hydrogen (secondary N) is 1. The number of hydrogen-bond acceptors (Lipinski definition) is 6. The van der Waals surface area contributed by atoms with E-state index in [2.05, 4.69) is 15.0 Å². The van der Waals surface area contributed by atoms with Gasteiger partial charge < -0.3 is 9.88 Å². The highest BCUT2D eigenvalue weighted by Crippen LogP contribution is 2.43. The summed E-state index contributed by atoms with van der Waals surface area (Å²) in [6.45, 7) is 3.20. The third kappa shape index (κ3) is 2.98. The quantitative estimate of drug-likeness (QED) is 0.705. The fourth-order valence-electron chi connectivity index (χ4n) is 4.64. The molecule has 1 aliphatic heterocycles. The molecule has 3 aromatic rings. The highest BCUT2D eigenvalue weighted by atomic mass is 32.1. The number of thiazole rings is 1. The van der Waals surface area contributed by atoms with Crippen LogP contribution in [0.15, 0.2) is 34.8 Å². The molecule has 148 valence electrons. The van der Waals surface area contributed by atoms with Crippen LogP contribution < -0.4 is 5.56 Å². The van der Waals surface area contributed by atoms with Crippen LogP contribution in [-0.4, -0.2) is 43.8 Å². The Kier molecular flexibility index (Phi) is 4.31. The first-order valence-electron chi connectivity index (χ1n) is 9.81. The third-order valence-electron chi connectivity index (χ3n) is 6.11. The van der Waals surface area contributed by atoms with Crippen molar-refractivity contribution >= 4 is 17.2 Å². The topological polar surface area (TPSA) is 91.8 Å². The monoisotopic (exact) mass is 407 g/mol. The van der Waals surface area contributed by atoms with E-state index in [1.165, 1.54) is 11.3 Å². The normalized spacial score (nSPS) is 20.8. The van der Waals surface area contributed by atoms with Crippen molar-refractivity contribution in [2.24, 2.45) is 0 Å². The number of carbonyl (C=O) groups excluding carboxylic acids is 1. The summed E-state index contributed by atoms with van der Waals surface area (Å²) in [5, 5.41) is 0. The maximum absolute atomic E-state index is 13.1. The molecule has 0 aromatic carbocycles. The number of rotatable bonds is 2. The van der Waals surface area contributed by atoms with Crippen LogP contribution in [-0.2, 0) is 11.8 Å². The summed E-state index contributed by atoms with van der Waals surface area (Å²) in [4.78, 5) is 44.7. The molecule has 1 aliphatic carbocycles. The van der Waals surface area contributed by atoms with Gasteiger partial charge in [-0.3, -0.25) is 14.6 Å². The lowest BCUT2D eigenvalue weighted by Gasteiger charge is -2.40. The van der Waals surface area contributed by atoms with E-state index < -0.39 is 0 Å². The number of pyridine rings is 1. The molecule has 1 N–H and O–H groups in total. The van der Waals surface area contributed by atoms with Gasteiger partial charge in [0.1, 0.15) is 10.7 Å². The lowest BCUT2D eigenvalue weighted by atomic mass is 9.77. The summed E-state index contributed by atoms with van der Waals surface area (Å²) in [5.74, 6) is 0.583. The molecule has 29 heavy (non-hydrogen) atoms. The summed E-state index contributed by atoms with van der Waals surface area (Å²) < 4.78 is 0. The van der Waals surface area contributed by atoms with Gasteiger partial charge >= 0.3 is 0 Å². The van der Waals surface area contributed by atoms with Gasteiger partial charge in [0.2, 0.25) is 0 Å². The highest BCUT2D eigenvalue weighted by Gasteiger charge is 2.46. The van der Waals surface area contributed by atoms with Crippen molar-refractivity contribution in [2.75, 3.05) is 13.1 Å². The lowest BCUT2D eigenvalue weighted by molar-refractivity contribution is 0.0637. The minimum atomic E-state index is -0.257. The average molecular weight is 407 g/mol.